The van der Waals surface area contributed by atoms with Gasteiger partial charge in [0.2, 0.25) is 0 Å². The molecule has 0 spiro atoms. The monoisotopic (exact) mass is 304 g/mol. The van der Waals surface area contributed by atoms with Crippen molar-refractivity contribution in [3.8, 4) is 0 Å². The maximum absolute atomic E-state index is 4.38. The largest absolute Gasteiger partial charge is 0.313 e. The Morgan fingerprint density at radius 1 is 1.24 bits per heavy atom. The third-order valence-electron chi connectivity index (χ3n) is 4.15. The van der Waals surface area contributed by atoms with Crippen LogP contribution in [-0.4, -0.2) is 32.4 Å². The van der Waals surface area contributed by atoms with Gasteiger partial charge >= 0.3 is 0 Å². The van der Waals surface area contributed by atoms with Gasteiger partial charge in [0.05, 0.1) is 0 Å². The number of pyridine rings is 1. The fraction of sp³-hybridized carbons (Fsp3) is 0.625. The Kier molecular flexibility index (Phi) is 5.14. The number of nitrogens with one attached hydrogen (secondary N) is 1. The summed E-state index contributed by atoms with van der Waals surface area (Å²) in [5.41, 5.74) is 0.937. The van der Waals surface area contributed by atoms with Crippen molar-refractivity contribution in [2.45, 2.75) is 61.9 Å². The second kappa shape index (κ2) is 7.27. The summed E-state index contributed by atoms with van der Waals surface area (Å²) in [5.74, 6) is 0. The highest BCUT2D eigenvalue weighted by Crippen LogP contribution is 2.32. The second-order valence-electron chi connectivity index (χ2n) is 5.77. The van der Waals surface area contributed by atoms with Crippen molar-refractivity contribution in [2.75, 3.05) is 6.54 Å². The summed E-state index contributed by atoms with van der Waals surface area (Å²) in [6.07, 6.45) is 9.85. The molecule has 2 unspecified atom stereocenters. The molecule has 114 valence electrons. The molecule has 1 aliphatic rings. The number of thioether (sulfide) groups is 1. The summed E-state index contributed by atoms with van der Waals surface area (Å²) in [4.78, 5) is 0. The molecule has 1 aliphatic carbocycles. The van der Waals surface area contributed by atoms with Crippen molar-refractivity contribution in [2.24, 2.45) is 0 Å². The van der Waals surface area contributed by atoms with Gasteiger partial charge in [0.1, 0.15) is 0 Å². The first-order chi connectivity index (χ1) is 10.4. The van der Waals surface area contributed by atoms with Gasteiger partial charge in [-0.2, -0.15) is 0 Å². The molecule has 0 aromatic carbocycles. The molecular formula is C16H24N4S. The van der Waals surface area contributed by atoms with Crippen LogP contribution >= 0.6 is 11.8 Å². The zero-order chi connectivity index (χ0) is 14.5. The molecule has 0 amide bonds. The molecule has 0 bridgehead atoms. The fourth-order valence-corrected chi connectivity index (χ4v) is 4.32. The summed E-state index contributed by atoms with van der Waals surface area (Å²) in [7, 11) is 0. The predicted octanol–water partition coefficient (Wildman–Crippen LogP) is 3.52. The maximum Gasteiger partial charge on any atom is 0.195 e. The van der Waals surface area contributed by atoms with E-state index in [1.54, 1.807) is 0 Å². The molecule has 3 rings (SSSR count). The van der Waals surface area contributed by atoms with Crippen LogP contribution in [0.1, 0.15) is 45.4 Å². The standard InChI is InChI=1S/C16H24N4S/c1-2-11-17-13-8-4-3-5-9-14(13)21-16-19-18-15-10-6-7-12-20(15)16/h6-7,10,12-14,17H,2-5,8-9,11H2,1H3. The number of hydrogen-bond donors (Lipinski definition) is 1. The Labute approximate surface area is 130 Å². The lowest BCUT2D eigenvalue weighted by molar-refractivity contribution is 0.469. The fourth-order valence-electron chi connectivity index (χ4n) is 3.01. The normalized spacial score (nSPS) is 23.3. The molecule has 0 saturated heterocycles. The Balaban J connectivity index is 1.76. The van der Waals surface area contributed by atoms with Crippen molar-refractivity contribution in [1.29, 1.82) is 0 Å². The van der Waals surface area contributed by atoms with E-state index in [-0.39, 0.29) is 0 Å². The van der Waals surface area contributed by atoms with E-state index in [1.165, 1.54) is 38.5 Å². The minimum Gasteiger partial charge on any atom is -0.313 e. The molecule has 2 heterocycles. The van der Waals surface area contributed by atoms with Crippen molar-refractivity contribution in [1.82, 2.24) is 19.9 Å². The van der Waals surface area contributed by atoms with Gasteiger partial charge in [-0.05, 0) is 37.9 Å². The van der Waals surface area contributed by atoms with Crippen LogP contribution in [0.4, 0.5) is 0 Å². The van der Waals surface area contributed by atoms with Crippen molar-refractivity contribution < 1.29 is 0 Å². The third-order valence-corrected chi connectivity index (χ3v) is 5.50. The minimum absolute atomic E-state index is 0.603. The summed E-state index contributed by atoms with van der Waals surface area (Å²) >= 11 is 1.90. The van der Waals surface area contributed by atoms with E-state index in [0.717, 1.165) is 17.3 Å². The van der Waals surface area contributed by atoms with Crippen LogP contribution in [0.3, 0.4) is 0 Å². The first-order valence-corrected chi connectivity index (χ1v) is 8.96. The zero-order valence-corrected chi connectivity index (χ0v) is 13.5. The van der Waals surface area contributed by atoms with E-state index in [0.29, 0.717) is 11.3 Å². The van der Waals surface area contributed by atoms with Crippen molar-refractivity contribution >= 4 is 17.4 Å². The van der Waals surface area contributed by atoms with Gasteiger partial charge in [0.25, 0.3) is 0 Å². The van der Waals surface area contributed by atoms with Crippen LogP contribution in [0, 0.1) is 0 Å². The quantitative estimate of drug-likeness (QED) is 0.858. The number of hydrogen-bond acceptors (Lipinski definition) is 4. The lowest BCUT2D eigenvalue weighted by atomic mass is 10.1. The highest BCUT2D eigenvalue weighted by atomic mass is 32.2. The van der Waals surface area contributed by atoms with Crippen molar-refractivity contribution in [3.63, 3.8) is 0 Å². The first kappa shape index (κ1) is 14.9. The average molecular weight is 304 g/mol. The highest BCUT2D eigenvalue weighted by Gasteiger charge is 2.25. The van der Waals surface area contributed by atoms with Gasteiger partial charge in [-0.15, -0.1) is 10.2 Å². The zero-order valence-electron chi connectivity index (χ0n) is 12.7. The number of rotatable bonds is 5. The van der Waals surface area contributed by atoms with Crippen LogP contribution < -0.4 is 5.32 Å². The summed E-state index contributed by atoms with van der Waals surface area (Å²) in [6, 6.07) is 6.67. The Morgan fingerprint density at radius 2 is 2.14 bits per heavy atom. The van der Waals surface area contributed by atoms with Gasteiger partial charge < -0.3 is 5.32 Å². The Bertz CT molecular complexity index is 568. The number of fused-ring (bicyclic) bond motifs is 1. The molecule has 2 aromatic heterocycles. The maximum atomic E-state index is 4.38. The lowest BCUT2D eigenvalue weighted by Gasteiger charge is -2.25. The summed E-state index contributed by atoms with van der Waals surface area (Å²) in [6.45, 7) is 3.35. The number of nitrogens with zero attached hydrogens (tertiary/aromatic N) is 3. The molecule has 1 saturated carbocycles. The molecule has 0 aliphatic heterocycles. The van der Waals surface area contributed by atoms with Gasteiger partial charge in [0, 0.05) is 17.5 Å². The Morgan fingerprint density at radius 3 is 3.05 bits per heavy atom. The molecule has 2 aromatic rings. The van der Waals surface area contributed by atoms with Gasteiger partial charge in [-0.1, -0.05) is 44.0 Å². The van der Waals surface area contributed by atoms with Crippen molar-refractivity contribution in [3.05, 3.63) is 24.4 Å². The smallest absolute Gasteiger partial charge is 0.195 e. The molecule has 2 atom stereocenters. The molecular weight excluding hydrogens is 280 g/mol. The van der Waals surface area contributed by atoms with Crippen LogP contribution in [0.25, 0.3) is 5.65 Å². The Hall–Kier alpha value is -1.07. The van der Waals surface area contributed by atoms with Gasteiger partial charge in [0.15, 0.2) is 10.8 Å². The van der Waals surface area contributed by atoms with Crippen LogP contribution in [0.15, 0.2) is 29.6 Å². The lowest BCUT2D eigenvalue weighted by Crippen LogP contribution is -2.38. The van der Waals surface area contributed by atoms with Crippen LogP contribution in [0.2, 0.25) is 0 Å². The SMILES string of the molecule is CCCNC1CCCCCC1Sc1nnc2ccccn12. The topological polar surface area (TPSA) is 42.2 Å². The van der Waals surface area contributed by atoms with E-state index < -0.39 is 0 Å². The third kappa shape index (κ3) is 3.58. The summed E-state index contributed by atoms with van der Waals surface area (Å²) in [5, 5.41) is 14.0. The second-order valence-corrected chi connectivity index (χ2v) is 6.97. The molecule has 4 nitrogen and oxygen atoms in total. The van der Waals surface area contributed by atoms with Gasteiger partial charge in [-0.25, -0.2) is 0 Å². The van der Waals surface area contributed by atoms with Gasteiger partial charge in [-0.3, -0.25) is 4.40 Å². The van der Waals surface area contributed by atoms with E-state index in [2.05, 4.69) is 33.0 Å². The minimum atomic E-state index is 0.603. The summed E-state index contributed by atoms with van der Waals surface area (Å²) < 4.78 is 2.10. The highest BCUT2D eigenvalue weighted by molar-refractivity contribution is 7.99. The van der Waals surface area contributed by atoms with E-state index in [4.69, 9.17) is 0 Å². The van der Waals surface area contributed by atoms with E-state index >= 15 is 0 Å². The molecule has 21 heavy (non-hydrogen) atoms. The molecule has 1 N–H and O–H groups in total. The van der Waals surface area contributed by atoms with E-state index in [1.807, 2.05) is 30.0 Å². The van der Waals surface area contributed by atoms with Crippen LogP contribution in [0.5, 0.6) is 0 Å². The van der Waals surface area contributed by atoms with Crippen LogP contribution in [-0.2, 0) is 0 Å². The first-order valence-electron chi connectivity index (χ1n) is 8.08. The predicted molar refractivity (Wildman–Crippen MR) is 87.8 cm³/mol. The van der Waals surface area contributed by atoms with E-state index in [9.17, 15) is 0 Å². The number of aromatic nitrogens is 3. The molecule has 0 radical (unpaired) electrons. The molecule has 1 fully saturated rings. The average Bonchev–Trinajstić information content (AvgIpc) is 2.78. The molecule has 5 heteroatoms.